The fraction of sp³-hybridized carbons (Fsp3) is 0.455. The summed E-state index contributed by atoms with van der Waals surface area (Å²) in [6, 6.07) is 0.959. The Hall–Kier alpha value is -1.11. The van der Waals surface area contributed by atoms with Gasteiger partial charge in [0.2, 0.25) is 5.95 Å². The third-order valence-corrected chi connectivity index (χ3v) is 2.70. The van der Waals surface area contributed by atoms with Crippen molar-refractivity contribution < 1.29 is 22.7 Å². The molecule has 0 aliphatic carbocycles. The van der Waals surface area contributed by atoms with Crippen LogP contribution in [0.25, 0.3) is 0 Å². The molecule has 0 amide bonds. The summed E-state index contributed by atoms with van der Waals surface area (Å²) in [5, 5.41) is 0.169. The van der Waals surface area contributed by atoms with Crippen LogP contribution in [0.2, 0.25) is 0 Å². The molecule has 0 bridgehead atoms. The van der Waals surface area contributed by atoms with Gasteiger partial charge in [0.15, 0.2) is 0 Å². The number of carbonyl (C=O) groups is 1. The quantitative estimate of drug-likeness (QED) is 0.474. The van der Waals surface area contributed by atoms with E-state index in [9.17, 15) is 18.0 Å². The minimum atomic E-state index is -2.97. The molecule has 0 spiro atoms. The second-order valence-corrected chi connectivity index (χ2v) is 3.95. The monoisotopic (exact) mass is 325 g/mol. The summed E-state index contributed by atoms with van der Waals surface area (Å²) in [7, 11) is 0. The van der Waals surface area contributed by atoms with Crippen LogP contribution in [0, 0.1) is 5.95 Å². The van der Waals surface area contributed by atoms with Crippen molar-refractivity contribution in [3.8, 4) is 0 Å². The number of nitrogens with zero attached hydrogens (tertiary/aromatic N) is 1. The predicted molar refractivity (Wildman–Crippen MR) is 62.1 cm³/mol. The van der Waals surface area contributed by atoms with E-state index in [-0.39, 0.29) is 29.6 Å². The van der Waals surface area contributed by atoms with Crippen molar-refractivity contribution in [1.82, 2.24) is 4.98 Å². The maximum absolute atomic E-state index is 13.2. The van der Waals surface area contributed by atoms with Gasteiger partial charge in [0.05, 0.1) is 24.3 Å². The molecule has 1 aromatic heterocycles. The molecule has 0 saturated heterocycles. The van der Waals surface area contributed by atoms with Gasteiger partial charge in [0, 0.05) is 5.33 Å². The molecule has 0 unspecified atom stereocenters. The van der Waals surface area contributed by atoms with Crippen LogP contribution in [0.4, 0.5) is 13.2 Å². The first-order valence-corrected chi connectivity index (χ1v) is 6.29. The summed E-state index contributed by atoms with van der Waals surface area (Å²) in [6.45, 7) is 1.83. The Morgan fingerprint density at radius 3 is 2.72 bits per heavy atom. The number of aromatic nitrogens is 1. The van der Waals surface area contributed by atoms with Gasteiger partial charge in [-0.3, -0.25) is 4.79 Å². The standard InChI is InChI=1S/C11H11BrF3NO2/c1-2-18-9(17)4-6-3-7(10(13)14)11(15)16-8(6)5-12/h3,10H,2,4-5H2,1H3. The van der Waals surface area contributed by atoms with Gasteiger partial charge < -0.3 is 4.74 Å². The van der Waals surface area contributed by atoms with E-state index in [1.54, 1.807) is 6.92 Å². The van der Waals surface area contributed by atoms with Gasteiger partial charge in [0.25, 0.3) is 6.43 Å². The van der Waals surface area contributed by atoms with Crippen molar-refractivity contribution in [2.24, 2.45) is 0 Å². The number of alkyl halides is 3. The molecule has 0 atom stereocenters. The highest BCUT2D eigenvalue weighted by molar-refractivity contribution is 9.08. The molecule has 100 valence electrons. The average Bonchev–Trinajstić information content (AvgIpc) is 2.30. The number of esters is 1. The highest BCUT2D eigenvalue weighted by Gasteiger charge is 2.19. The Morgan fingerprint density at radius 2 is 2.22 bits per heavy atom. The predicted octanol–water partition coefficient (Wildman–Crippen LogP) is 3.16. The molecule has 0 aromatic carbocycles. The van der Waals surface area contributed by atoms with Crippen molar-refractivity contribution in [3.05, 3.63) is 28.8 Å². The minimum absolute atomic E-state index is 0.169. The van der Waals surface area contributed by atoms with E-state index in [0.29, 0.717) is 0 Å². The fourth-order valence-corrected chi connectivity index (χ4v) is 1.86. The van der Waals surface area contributed by atoms with Gasteiger partial charge in [-0.1, -0.05) is 15.9 Å². The van der Waals surface area contributed by atoms with Gasteiger partial charge in [-0.15, -0.1) is 0 Å². The van der Waals surface area contributed by atoms with Gasteiger partial charge in [-0.25, -0.2) is 13.8 Å². The normalized spacial score (nSPS) is 10.8. The molecule has 0 aliphatic heterocycles. The maximum atomic E-state index is 13.2. The molecular weight excluding hydrogens is 315 g/mol. The summed E-state index contributed by atoms with van der Waals surface area (Å²) >= 11 is 3.06. The number of halogens is 4. The van der Waals surface area contributed by atoms with Gasteiger partial charge in [-0.05, 0) is 18.6 Å². The van der Waals surface area contributed by atoms with Crippen LogP contribution >= 0.6 is 15.9 Å². The molecule has 0 fully saturated rings. The molecule has 18 heavy (non-hydrogen) atoms. The van der Waals surface area contributed by atoms with Crippen LogP contribution < -0.4 is 0 Å². The highest BCUT2D eigenvalue weighted by atomic mass is 79.9. The lowest BCUT2D eigenvalue weighted by Crippen LogP contribution is -2.11. The summed E-state index contributed by atoms with van der Waals surface area (Å²) in [4.78, 5) is 14.7. The first-order valence-electron chi connectivity index (χ1n) is 5.17. The maximum Gasteiger partial charge on any atom is 0.310 e. The topological polar surface area (TPSA) is 39.2 Å². The second kappa shape index (κ2) is 6.72. The van der Waals surface area contributed by atoms with Crippen LogP contribution in [0.1, 0.15) is 30.2 Å². The van der Waals surface area contributed by atoms with Crippen molar-refractivity contribution in [3.63, 3.8) is 0 Å². The molecule has 1 heterocycles. The highest BCUT2D eigenvalue weighted by Crippen LogP contribution is 2.24. The summed E-state index contributed by atoms with van der Waals surface area (Å²) < 4.78 is 43.0. The molecule has 7 heteroatoms. The molecule has 0 saturated carbocycles. The van der Waals surface area contributed by atoms with E-state index in [1.807, 2.05) is 0 Å². The number of hydrogen-bond acceptors (Lipinski definition) is 3. The SMILES string of the molecule is CCOC(=O)Cc1cc(C(F)F)c(F)nc1CBr. The molecule has 1 aromatic rings. The number of hydrogen-bond donors (Lipinski definition) is 0. The van der Waals surface area contributed by atoms with E-state index < -0.39 is 23.9 Å². The Labute approximate surface area is 110 Å². The Bertz CT molecular complexity index is 441. The van der Waals surface area contributed by atoms with Gasteiger partial charge in [-0.2, -0.15) is 4.39 Å². The van der Waals surface area contributed by atoms with E-state index >= 15 is 0 Å². The van der Waals surface area contributed by atoms with Crippen molar-refractivity contribution >= 4 is 21.9 Å². The molecule has 0 aliphatic rings. The minimum Gasteiger partial charge on any atom is -0.466 e. The van der Waals surface area contributed by atoms with Crippen LogP contribution in [-0.4, -0.2) is 17.6 Å². The van der Waals surface area contributed by atoms with Gasteiger partial charge >= 0.3 is 5.97 Å². The first-order chi connectivity index (χ1) is 8.49. The lowest BCUT2D eigenvalue weighted by atomic mass is 10.1. The summed E-state index contributed by atoms with van der Waals surface area (Å²) in [5.41, 5.74) is -0.356. The zero-order valence-corrected chi connectivity index (χ0v) is 11.1. The fourth-order valence-electron chi connectivity index (χ4n) is 1.37. The van der Waals surface area contributed by atoms with E-state index in [0.717, 1.165) is 6.07 Å². The summed E-state index contributed by atoms with van der Waals surface area (Å²) in [5.74, 6) is -1.78. The van der Waals surface area contributed by atoms with Gasteiger partial charge in [0.1, 0.15) is 0 Å². The van der Waals surface area contributed by atoms with E-state index in [2.05, 4.69) is 20.9 Å². The molecule has 0 radical (unpaired) electrons. The molecule has 1 rings (SSSR count). The van der Waals surface area contributed by atoms with Crippen LogP contribution in [0.5, 0.6) is 0 Å². The largest absolute Gasteiger partial charge is 0.466 e. The number of pyridine rings is 1. The van der Waals surface area contributed by atoms with Crippen molar-refractivity contribution in [2.45, 2.75) is 25.1 Å². The lowest BCUT2D eigenvalue weighted by molar-refractivity contribution is -0.142. The smallest absolute Gasteiger partial charge is 0.310 e. The molecular formula is C11H11BrF3NO2. The molecule has 0 N–H and O–H groups in total. The number of carbonyl (C=O) groups excluding carboxylic acids is 1. The van der Waals surface area contributed by atoms with Crippen LogP contribution in [-0.2, 0) is 21.3 Å². The van der Waals surface area contributed by atoms with Crippen molar-refractivity contribution in [2.75, 3.05) is 6.61 Å². The number of ether oxygens (including phenoxy) is 1. The molecule has 3 nitrogen and oxygen atoms in total. The Balaban J connectivity index is 3.08. The third kappa shape index (κ3) is 3.69. The van der Waals surface area contributed by atoms with Crippen molar-refractivity contribution in [1.29, 1.82) is 0 Å². The number of rotatable bonds is 5. The zero-order valence-electron chi connectivity index (χ0n) is 9.55. The lowest BCUT2D eigenvalue weighted by Gasteiger charge is -2.09. The second-order valence-electron chi connectivity index (χ2n) is 3.39. The average molecular weight is 326 g/mol. The Morgan fingerprint density at radius 1 is 1.56 bits per heavy atom. The van der Waals surface area contributed by atoms with E-state index in [4.69, 9.17) is 4.74 Å². The summed E-state index contributed by atoms with van der Waals surface area (Å²) in [6.07, 6.45) is -3.18. The van der Waals surface area contributed by atoms with Crippen LogP contribution in [0.3, 0.4) is 0 Å². The zero-order chi connectivity index (χ0) is 13.7. The first kappa shape index (κ1) is 14.9. The van der Waals surface area contributed by atoms with Crippen LogP contribution in [0.15, 0.2) is 6.07 Å². The van der Waals surface area contributed by atoms with E-state index in [1.165, 1.54) is 0 Å². The third-order valence-electron chi connectivity index (χ3n) is 2.17. The Kier molecular flexibility index (Phi) is 5.58.